The van der Waals surface area contributed by atoms with E-state index in [0.717, 1.165) is 19.5 Å². The Balaban J connectivity index is 1.77. The fourth-order valence-corrected chi connectivity index (χ4v) is 2.70. The van der Waals surface area contributed by atoms with Gasteiger partial charge in [0.05, 0.1) is 18.8 Å². The summed E-state index contributed by atoms with van der Waals surface area (Å²) >= 11 is 0. The third-order valence-electron chi connectivity index (χ3n) is 3.80. The zero-order valence-electron chi connectivity index (χ0n) is 10.9. The Bertz CT molecular complexity index is 264. The smallest absolute Gasteiger partial charge is 0.223 e. The number of nitrogens with one attached hydrogen (secondary N) is 1. The molecule has 0 aliphatic carbocycles. The van der Waals surface area contributed by atoms with E-state index < -0.39 is 0 Å². The quantitative estimate of drug-likeness (QED) is 0.804. The van der Waals surface area contributed by atoms with Gasteiger partial charge in [-0.25, -0.2) is 0 Å². The lowest BCUT2D eigenvalue weighted by Crippen LogP contribution is -2.50. The molecule has 3 atom stereocenters. The van der Waals surface area contributed by atoms with Gasteiger partial charge in [0.2, 0.25) is 5.91 Å². The second kappa shape index (κ2) is 5.83. The molecule has 2 saturated heterocycles. The van der Waals surface area contributed by atoms with Crippen molar-refractivity contribution in [3.63, 3.8) is 0 Å². The standard InChI is InChI=1S/C13H24N2O2/c1-10-9-17-11(2)8-15(10)13(16)6-5-12-4-3-7-14-12/h10-12,14H,3-9H2,1-2H3. The largest absolute Gasteiger partial charge is 0.375 e. The van der Waals surface area contributed by atoms with Gasteiger partial charge in [-0.15, -0.1) is 0 Å². The number of morpholine rings is 1. The monoisotopic (exact) mass is 240 g/mol. The lowest BCUT2D eigenvalue weighted by atomic mass is 10.1. The molecule has 1 N–H and O–H groups in total. The Hall–Kier alpha value is -0.610. The molecule has 0 bridgehead atoms. The number of nitrogens with zero attached hydrogens (tertiary/aromatic N) is 1. The fourth-order valence-electron chi connectivity index (χ4n) is 2.70. The maximum atomic E-state index is 12.2. The van der Waals surface area contributed by atoms with Crippen molar-refractivity contribution in [1.29, 1.82) is 0 Å². The molecule has 17 heavy (non-hydrogen) atoms. The van der Waals surface area contributed by atoms with Crippen molar-refractivity contribution in [2.45, 2.75) is 57.7 Å². The Kier molecular flexibility index (Phi) is 4.40. The number of hydrogen-bond donors (Lipinski definition) is 1. The van der Waals surface area contributed by atoms with E-state index in [1.54, 1.807) is 0 Å². The van der Waals surface area contributed by atoms with Gasteiger partial charge in [0, 0.05) is 19.0 Å². The second-order valence-corrected chi connectivity index (χ2v) is 5.37. The van der Waals surface area contributed by atoms with Crippen LogP contribution in [0.3, 0.4) is 0 Å². The van der Waals surface area contributed by atoms with Crippen LogP contribution >= 0.6 is 0 Å². The molecule has 0 aromatic carbocycles. The van der Waals surface area contributed by atoms with Crippen LogP contribution in [0, 0.1) is 0 Å². The Morgan fingerprint density at radius 3 is 3.00 bits per heavy atom. The van der Waals surface area contributed by atoms with Gasteiger partial charge in [0.1, 0.15) is 0 Å². The number of carbonyl (C=O) groups excluding carboxylic acids is 1. The van der Waals surface area contributed by atoms with Crippen molar-refractivity contribution in [3.05, 3.63) is 0 Å². The first-order chi connectivity index (χ1) is 8.16. The van der Waals surface area contributed by atoms with E-state index in [4.69, 9.17) is 4.74 Å². The SMILES string of the molecule is CC1CN(C(=O)CCC2CCCN2)C(C)CO1. The summed E-state index contributed by atoms with van der Waals surface area (Å²) in [7, 11) is 0. The van der Waals surface area contributed by atoms with E-state index in [1.165, 1.54) is 12.8 Å². The molecule has 0 aromatic heterocycles. The van der Waals surface area contributed by atoms with Gasteiger partial charge in [0.25, 0.3) is 0 Å². The fraction of sp³-hybridized carbons (Fsp3) is 0.923. The molecule has 2 aliphatic heterocycles. The normalized spacial score (nSPS) is 34.0. The van der Waals surface area contributed by atoms with E-state index in [-0.39, 0.29) is 12.1 Å². The molecule has 0 radical (unpaired) electrons. The molecule has 98 valence electrons. The van der Waals surface area contributed by atoms with Crippen LogP contribution in [0.5, 0.6) is 0 Å². The number of carbonyl (C=O) groups is 1. The van der Waals surface area contributed by atoms with Crippen LogP contribution in [0.25, 0.3) is 0 Å². The number of ether oxygens (including phenoxy) is 1. The molecular formula is C13H24N2O2. The van der Waals surface area contributed by atoms with Crippen LogP contribution in [0.2, 0.25) is 0 Å². The van der Waals surface area contributed by atoms with E-state index in [9.17, 15) is 4.79 Å². The molecular weight excluding hydrogens is 216 g/mol. The minimum absolute atomic E-state index is 0.180. The molecule has 2 fully saturated rings. The van der Waals surface area contributed by atoms with Crippen LogP contribution in [0.15, 0.2) is 0 Å². The minimum Gasteiger partial charge on any atom is -0.375 e. The summed E-state index contributed by atoms with van der Waals surface area (Å²) in [6.45, 7) is 6.64. The first kappa shape index (κ1) is 12.8. The third kappa shape index (κ3) is 3.42. The first-order valence-corrected chi connectivity index (χ1v) is 6.81. The zero-order chi connectivity index (χ0) is 12.3. The molecule has 4 nitrogen and oxygen atoms in total. The van der Waals surface area contributed by atoms with Gasteiger partial charge >= 0.3 is 0 Å². The molecule has 2 aliphatic rings. The van der Waals surface area contributed by atoms with Crippen LogP contribution in [0.1, 0.15) is 39.5 Å². The number of hydrogen-bond acceptors (Lipinski definition) is 3. The Morgan fingerprint density at radius 2 is 2.29 bits per heavy atom. The van der Waals surface area contributed by atoms with Crippen LogP contribution in [-0.4, -0.2) is 48.7 Å². The average molecular weight is 240 g/mol. The predicted octanol–water partition coefficient (Wildman–Crippen LogP) is 1.15. The maximum absolute atomic E-state index is 12.2. The van der Waals surface area contributed by atoms with E-state index in [1.807, 2.05) is 11.8 Å². The highest BCUT2D eigenvalue weighted by atomic mass is 16.5. The highest BCUT2D eigenvalue weighted by molar-refractivity contribution is 5.76. The van der Waals surface area contributed by atoms with Crippen molar-refractivity contribution in [3.8, 4) is 0 Å². The summed E-state index contributed by atoms with van der Waals surface area (Å²) in [5.74, 6) is 0.293. The number of rotatable bonds is 3. The van der Waals surface area contributed by atoms with E-state index in [2.05, 4.69) is 12.2 Å². The van der Waals surface area contributed by atoms with Crippen molar-refractivity contribution < 1.29 is 9.53 Å². The van der Waals surface area contributed by atoms with Crippen LogP contribution in [-0.2, 0) is 9.53 Å². The topological polar surface area (TPSA) is 41.6 Å². The van der Waals surface area contributed by atoms with Gasteiger partial charge in [-0.3, -0.25) is 4.79 Å². The Labute approximate surface area is 104 Å². The van der Waals surface area contributed by atoms with Gasteiger partial charge in [-0.2, -0.15) is 0 Å². The highest BCUT2D eigenvalue weighted by Crippen LogP contribution is 2.16. The average Bonchev–Trinajstić information content (AvgIpc) is 2.82. The second-order valence-electron chi connectivity index (χ2n) is 5.37. The summed E-state index contributed by atoms with van der Waals surface area (Å²) in [4.78, 5) is 14.1. The number of amides is 1. The molecule has 0 saturated carbocycles. The van der Waals surface area contributed by atoms with Crippen molar-refractivity contribution >= 4 is 5.91 Å². The Morgan fingerprint density at radius 1 is 1.47 bits per heavy atom. The predicted molar refractivity (Wildman–Crippen MR) is 66.8 cm³/mol. The van der Waals surface area contributed by atoms with Gasteiger partial charge in [-0.05, 0) is 39.7 Å². The lowest BCUT2D eigenvalue weighted by Gasteiger charge is -2.37. The van der Waals surface area contributed by atoms with Gasteiger partial charge in [-0.1, -0.05) is 0 Å². The molecule has 0 spiro atoms. The molecule has 2 rings (SSSR count). The van der Waals surface area contributed by atoms with Crippen LogP contribution < -0.4 is 5.32 Å². The van der Waals surface area contributed by atoms with Crippen molar-refractivity contribution in [1.82, 2.24) is 10.2 Å². The molecule has 4 heteroatoms. The molecule has 3 unspecified atom stereocenters. The summed E-state index contributed by atoms with van der Waals surface area (Å²) in [6.07, 6.45) is 4.32. The zero-order valence-corrected chi connectivity index (χ0v) is 10.9. The maximum Gasteiger partial charge on any atom is 0.223 e. The van der Waals surface area contributed by atoms with E-state index >= 15 is 0 Å². The van der Waals surface area contributed by atoms with Crippen molar-refractivity contribution in [2.75, 3.05) is 19.7 Å². The minimum atomic E-state index is 0.180. The summed E-state index contributed by atoms with van der Waals surface area (Å²) in [5, 5.41) is 3.44. The van der Waals surface area contributed by atoms with Gasteiger partial charge < -0.3 is 15.0 Å². The summed E-state index contributed by atoms with van der Waals surface area (Å²) < 4.78 is 5.54. The third-order valence-corrected chi connectivity index (χ3v) is 3.80. The highest BCUT2D eigenvalue weighted by Gasteiger charge is 2.27. The molecule has 2 heterocycles. The van der Waals surface area contributed by atoms with Crippen molar-refractivity contribution in [2.24, 2.45) is 0 Å². The lowest BCUT2D eigenvalue weighted by molar-refractivity contribution is -0.143. The van der Waals surface area contributed by atoms with Crippen LogP contribution in [0.4, 0.5) is 0 Å². The summed E-state index contributed by atoms with van der Waals surface area (Å²) in [5.41, 5.74) is 0. The van der Waals surface area contributed by atoms with Gasteiger partial charge in [0.15, 0.2) is 0 Å². The molecule has 1 amide bonds. The first-order valence-electron chi connectivity index (χ1n) is 6.81. The summed E-state index contributed by atoms with van der Waals surface area (Å²) in [6, 6.07) is 0.794. The van der Waals surface area contributed by atoms with E-state index in [0.29, 0.717) is 25.0 Å². The molecule has 0 aromatic rings.